The maximum absolute atomic E-state index is 12.3. The van der Waals surface area contributed by atoms with E-state index in [0.717, 1.165) is 78.7 Å². The first-order valence-electron chi connectivity index (χ1n) is 21.2. The van der Waals surface area contributed by atoms with E-state index in [0.29, 0.717) is 28.2 Å². The number of carbonyl (C=O) groups excluding carboxylic acids is 3. The van der Waals surface area contributed by atoms with E-state index >= 15 is 0 Å². The number of imide groups is 1. The van der Waals surface area contributed by atoms with Gasteiger partial charge in [0.2, 0.25) is 0 Å². The Hall–Kier alpha value is -6.93. The third kappa shape index (κ3) is 9.35. The van der Waals surface area contributed by atoms with Gasteiger partial charge in [0.05, 0.1) is 10.6 Å². The Morgan fingerprint density at radius 2 is 1.17 bits per heavy atom. The predicted molar refractivity (Wildman–Crippen MR) is 249 cm³/mol. The molecule has 1 saturated heterocycles. The Labute approximate surface area is 393 Å². The summed E-state index contributed by atoms with van der Waals surface area (Å²) < 4.78 is 7.63. The lowest BCUT2D eigenvalue weighted by molar-refractivity contribution is -0.697. The maximum atomic E-state index is 12.3. The zero-order valence-electron chi connectivity index (χ0n) is 34.9. The molecule has 0 bridgehead atoms. The molecule has 322 valence electrons. The average Bonchev–Trinajstić information content (AvgIpc) is 4.19. The molecule has 1 aliphatic heterocycles. The molecule has 5 aromatic heterocycles. The van der Waals surface area contributed by atoms with E-state index in [1.165, 1.54) is 11.1 Å². The predicted octanol–water partition coefficient (Wildman–Crippen LogP) is 8.87. The third-order valence-electron chi connectivity index (χ3n) is 11.4. The Balaban J connectivity index is 0.00000533. The molecule has 0 radical (unpaired) electrons. The van der Waals surface area contributed by atoms with Crippen LogP contribution >= 0.6 is 22.7 Å². The van der Waals surface area contributed by atoms with Gasteiger partial charge in [-0.05, 0) is 85.7 Å². The molecule has 10 nitrogen and oxygen atoms in total. The number of nitrogens with zero attached hydrogens (tertiary/aromatic N) is 5. The number of benzene rings is 4. The number of aromatic nitrogens is 4. The highest BCUT2D eigenvalue weighted by atomic mass is 79.9. The van der Waals surface area contributed by atoms with Gasteiger partial charge in [-0.3, -0.25) is 9.59 Å². The SMILES string of the molecule is O=C(CCCCC[n+]1ccc(-c2nc(-c3ccc(-c4ccc(-c5ccccc5)cc4)s3)c3nonc3c2-c2cc(-c3ccc(-c4ccccc4)cc3)cs2)cc1)ON1C(=O)CCC1=O.[Br-]. The van der Waals surface area contributed by atoms with Gasteiger partial charge in [-0.25, -0.2) is 19.0 Å². The van der Waals surface area contributed by atoms with Crippen LogP contribution in [0.3, 0.4) is 0 Å². The van der Waals surface area contributed by atoms with E-state index in [2.05, 4.69) is 148 Å². The van der Waals surface area contributed by atoms with Crippen molar-refractivity contribution >= 4 is 51.5 Å². The second-order valence-electron chi connectivity index (χ2n) is 15.6. The Kier molecular flexibility index (Phi) is 13.0. The number of thiophene rings is 2. The first-order valence-corrected chi connectivity index (χ1v) is 22.9. The van der Waals surface area contributed by atoms with E-state index < -0.39 is 17.8 Å². The van der Waals surface area contributed by atoms with Crippen molar-refractivity contribution < 1.29 is 45.4 Å². The summed E-state index contributed by atoms with van der Waals surface area (Å²) in [5.74, 6) is -1.51. The monoisotopic (exact) mass is 957 g/mol. The number of rotatable bonds is 14. The zero-order chi connectivity index (χ0) is 43.4. The summed E-state index contributed by atoms with van der Waals surface area (Å²) in [5.41, 5.74) is 12.5. The quantitative estimate of drug-likeness (QED) is 0.0603. The van der Waals surface area contributed by atoms with Gasteiger partial charge in [0.1, 0.15) is 17.8 Å². The number of aryl methyl sites for hydroxylation is 1. The number of hydrogen-bond donors (Lipinski definition) is 0. The van der Waals surface area contributed by atoms with Crippen LogP contribution in [0.2, 0.25) is 0 Å². The molecule has 9 aromatic rings. The molecule has 0 unspecified atom stereocenters. The minimum atomic E-state index is -0.572. The van der Waals surface area contributed by atoms with Crippen LogP contribution in [0.4, 0.5) is 0 Å². The summed E-state index contributed by atoms with van der Waals surface area (Å²) in [6.07, 6.45) is 6.55. The summed E-state index contributed by atoms with van der Waals surface area (Å²) in [4.78, 5) is 49.3. The van der Waals surface area contributed by atoms with Crippen LogP contribution < -0.4 is 21.5 Å². The molecule has 65 heavy (non-hydrogen) atoms. The summed E-state index contributed by atoms with van der Waals surface area (Å²) >= 11 is 3.29. The highest BCUT2D eigenvalue weighted by Gasteiger charge is 2.32. The largest absolute Gasteiger partial charge is 1.00 e. The number of unbranched alkanes of at least 4 members (excludes halogenated alkanes) is 2. The van der Waals surface area contributed by atoms with Gasteiger partial charge in [-0.15, -0.1) is 27.7 Å². The van der Waals surface area contributed by atoms with Crippen molar-refractivity contribution in [1.29, 1.82) is 0 Å². The van der Waals surface area contributed by atoms with Crippen molar-refractivity contribution in [2.75, 3.05) is 0 Å². The number of pyridine rings is 2. The van der Waals surface area contributed by atoms with E-state index in [1.807, 2.05) is 24.5 Å². The van der Waals surface area contributed by atoms with Crippen LogP contribution in [0.25, 0.3) is 87.1 Å². The summed E-state index contributed by atoms with van der Waals surface area (Å²) in [7, 11) is 0. The van der Waals surface area contributed by atoms with Gasteiger partial charge in [0, 0.05) is 58.7 Å². The summed E-state index contributed by atoms with van der Waals surface area (Å²) in [5, 5.41) is 11.8. The molecular weight excluding hydrogens is 919 g/mol. The van der Waals surface area contributed by atoms with Crippen molar-refractivity contribution in [3.63, 3.8) is 0 Å². The van der Waals surface area contributed by atoms with Gasteiger partial charge < -0.3 is 21.8 Å². The minimum absolute atomic E-state index is 0. The topological polar surface area (TPSA) is 119 Å². The molecule has 0 saturated carbocycles. The molecule has 13 heteroatoms. The van der Waals surface area contributed by atoms with Crippen LogP contribution in [0.1, 0.15) is 38.5 Å². The Morgan fingerprint density at radius 3 is 1.82 bits per heavy atom. The van der Waals surface area contributed by atoms with Gasteiger partial charge in [-0.2, -0.15) is 0 Å². The standard InChI is InChI=1S/C52H40N5O5S2.BrH/c58-45-25-26-46(59)57(45)61-47(60)14-8-3-9-29-56-30-27-40(28-31-56)49-48(44-32-41(33-63-44)38-17-15-36(16-18-38)34-10-4-1-5-11-34)51-52(55-62-54-51)50(53-49)43-24-23-42(64-43)39-21-19-37(20-22-39)35-12-6-2-7-13-35;/h1-2,4-7,10-13,15-24,27-28,30-33H,3,8-9,14,25-26,29H2;1H/q+1;/p-1. The second kappa shape index (κ2) is 19.4. The van der Waals surface area contributed by atoms with E-state index in [9.17, 15) is 14.4 Å². The lowest BCUT2D eigenvalue weighted by atomic mass is 9.99. The zero-order valence-corrected chi connectivity index (χ0v) is 38.2. The highest BCUT2D eigenvalue weighted by molar-refractivity contribution is 7.18. The number of hydrogen-bond acceptors (Lipinski definition) is 10. The lowest BCUT2D eigenvalue weighted by Gasteiger charge is -2.12. The number of hydroxylamine groups is 2. The van der Waals surface area contributed by atoms with E-state index in [1.54, 1.807) is 22.7 Å². The maximum Gasteiger partial charge on any atom is 0.333 e. The normalized spacial score (nSPS) is 12.5. The van der Waals surface area contributed by atoms with Crippen LogP contribution in [0.5, 0.6) is 0 Å². The fourth-order valence-electron chi connectivity index (χ4n) is 7.95. The van der Waals surface area contributed by atoms with E-state index in [4.69, 9.17) is 14.5 Å². The summed E-state index contributed by atoms with van der Waals surface area (Å²) in [6, 6.07) is 48.6. The van der Waals surface area contributed by atoms with Crippen molar-refractivity contribution in [3.8, 4) is 76.1 Å². The van der Waals surface area contributed by atoms with Crippen molar-refractivity contribution in [1.82, 2.24) is 20.4 Å². The first kappa shape index (κ1) is 43.3. The summed E-state index contributed by atoms with van der Waals surface area (Å²) in [6.45, 7) is 0.734. The Morgan fingerprint density at radius 1 is 0.600 bits per heavy atom. The van der Waals surface area contributed by atoms with Gasteiger partial charge in [0.15, 0.2) is 17.9 Å². The molecular formula is C52H40BrN5O5S2. The molecule has 1 fully saturated rings. The molecule has 10 rings (SSSR count). The molecule has 0 N–H and O–H groups in total. The Bertz CT molecular complexity index is 3100. The molecule has 6 heterocycles. The number of halogens is 1. The third-order valence-corrected chi connectivity index (χ3v) is 13.4. The van der Waals surface area contributed by atoms with Gasteiger partial charge >= 0.3 is 5.97 Å². The fraction of sp³-hybridized carbons (Fsp3) is 0.135. The molecule has 2 amide bonds. The highest BCUT2D eigenvalue weighted by Crippen LogP contribution is 2.45. The lowest BCUT2D eigenvalue weighted by Crippen LogP contribution is -3.00. The number of fused-ring (bicyclic) bond motifs is 1. The fourth-order valence-corrected chi connectivity index (χ4v) is 9.91. The molecule has 0 aliphatic carbocycles. The number of amides is 2. The van der Waals surface area contributed by atoms with Crippen LogP contribution in [0, 0.1) is 0 Å². The van der Waals surface area contributed by atoms with Crippen molar-refractivity contribution in [2.24, 2.45) is 0 Å². The second-order valence-corrected chi connectivity index (χ2v) is 17.6. The minimum Gasteiger partial charge on any atom is -1.00 e. The van der Waals surface area contributed by atoms with E-state index in [-0.39, 0.29) is 36.2 Å². The van der Waals surface area contributed by atoms with Crippen LogP contribution in [-0.2, 0) is 25.8 Å². The first-order chi connectivity index (χ1) is 31.4. The molecule has 0 spiro atoms. The van der Waals surface area contributed by atoms with Crippen molar-refractivity contribution in [3.05, 3.63) is 157 Å². The smallest absolute Gasteiger partial charge is 0.333 e. The molecule has 1 aliphatic rings. The number of carbonyl (C=O) groups is 3. The van der Waals surface area contributed by atoms with Crippen LogP contribution in [-0.4, -0.2) is 38.1 Å². The molecule has 4 aromatic carbocycles. The van der Waals surface area contributed by atoms with Crippen molar-refractivity contribution in [2.45, 2.75) is 45.1 Å². The average molecular weight is 959 g/mol. The molecule has 0 atom stereocenters. The van der Waals surface area contributed by atoms with Gasteiger partial charge in [0.25, 0.3) is 11.8 Å². The van der Waals surface area contributed by atoms with Gasteiger partial charge in [-0.1, -0.05) is 109 Å². The van der Waals surface area contributed by atoms with Crippen LogP contribution in [0.15, 0.2) is 162 Å².